The van der Waals surface area contributed by atoms with E-state index in [0.717, 1.165) is 0 Å². The predicted molar refractivity (Wildman–Crippen MR) is 95.5 cm³/mol. The van der Waals surface area contributed by atoms with Gasteiger partial charge in [0.2, 0.25) is 5.91 Å². The van der Waals surface area contributed by atoms with Gasteiger partial charge in [0.1, 0.15) is 11.3 Å². The number of hydrogen-bond donors (Lipinski definition) is 1. The van der Waals surface area contributed by atoms with Crippen molar-refractivity contribution < 1.29 is 18.3 Å². The van der Waals surface area contributed by atoms with Crippen LogP contribution in [0.5, 0.6) is 0 Å². The fraction of sp³-hybridized carbons (Fsp3) is 0.300. The number of ether oxygens (including phenoxy) is 1. The van der Waals surface area contributed by atoms with Gasteiger partial charge in [-0.15, -0.1) is 0 Å². The summed E-state index contributed by atoms with van der Waals surface area (Å²) < 4.78 is 24.7. The third-order valence-electron chi connectivity index (χ3n) is 4.91. The quantitative estimate of drug-likeness (QED) is 0.773. The van der Waals surface area contributed by atoms with Crippen molar-refractivity contribution in [3.05, 3.63) is 59.7 Å². The van der Waals surface area contributed by atoms with E-state index in [1.54, 1.807) is 37.3 Å². The maximum atomic E-state index is 13.8. The van der Waals surface area contributed by atoms with Gasteiger partial charge in [-0.3, -0.25) is 4.79 Å². The molecule has 2 aromatic carbocycles. The van der Waals surface area contributed by atoms with E-state index >= 15 is 0 Å². The molecule has 5 nitrogen and oxygen atoms in total. The molecular formula is C20H19FN2O3. The van der Waals surface area contributed by atoms with Gasteiger partial charge in [0.25, 0.3) is 0 Å². The zero-order valence-electron chi connectivity index (χ0n) is 14.4. The molecular weight excluding hydrogens is 335 g/mol. The molecule has 1 aliphatic rings. The van der Waals surface area contributed by atoms with Crippen LogP contribution in [0, 0.1) is 12.7 Å². The second-order valence-corrected chi connectivity index (χ2v) is 6.57. The van der Waals surface area contributed by atoms with Crippen molar-refractivity contribution >= 4 is 22.7 Å². The predicted octanol–water partition coefficient (Wildman–Crippen LogP) is 3.96. The summed E-state index contributed by atoms with van der Waals surface area (Å²) in [4.78, 5) is 17.5. The van der Waals surface area contributed by atoms with Gasteiger partial charge in [-0.25, -0.2) is 9.37 Å². The number of rotatable bonds is 3. The molecule has 0 bridgehead atoms. The zero-order chi connectivity index (χ0) is 18.1. The largest absolute Gasteiger partial charge is 0.441 e. The van der Waals surface area contributed by atoms with Crippen LogP contribution in [0.1, 0.15) is 24.3 Å². The molecule has 134 valence electrons. The number of benzene rings is 2. The molecule has 1 N–H and O–H groups in total. The minimum absolute atomic E-state index is 0.161. The minimum atomic E-state index is -0.810. The highest BCUT2D eigenvalue weighted by molar-refractivity contribution is 6.00. The summed E-state index contributed by atoms with van der Waals surface area (Å²) in [6.45, 7) is 2.70. The Morgan fingerprint density at radius 2 is 2.00 bits per heavy atom. The van der Waals surface area contributed by atoms with Crippen molar-refractivity contribution in [2.75, 3.05) is 18.5 Å². The molecule has 2 heterocycles. The van der Waals surface area contributed by atoms with Crippen LogP contribution in [0.4, 0.5) is 10.1 Å². The molecule has 1 amide bonds. The average molecular weight is 354 g/mol. The van der Waals surface area contributed by atoms with Crippen molar-refractivity contribution in [3.8, 4) is 0 Å². The van der Waals surface area contributed by atoms with Gasteiger partial charge < -0.3 is 14.5 Å². The Kier molecular flexibility index (Phi) is 4.20. The Labute approximate surface area is 150 Å². The lowest BCUT2D eigenvalue weighted by molar-refractivity contribution is -0.125. The Morgan fingerprint density at radius 3 is 2.77 bits per heavy atom. The number of oxazole rings is 1. The van der Waals surface area contributed by atoms with E-state index in [2.05, 4.69) is 10.3 Å². The number of aromatic nitrogens is 1. The summed E-state index contributed by atoms with van der Waals surface area (Å²) in [6.07, 6.45) is 1.02. The molecule has 26 heavy (non-hydrogen) atoms. The summed E-state index contributed by atoms with van der Waals surface area (Å²) in [7, 11) is 0. The monoisotopic (exact) mass is 354 g/mol. The summed E-state index contributed by atoms with van der Waals surface area (Å²) in [6, 6.07) is 11.6. The van der Waals surface area contributed by atoms with E-state index in [0.29, 0.717) is 54.3 Å². The van der Waals surface area contributed by atoms with Crippen LogP contribution in [0.15, 0.2) is 46.9 Å². The first kappa shape index (κ1) is 16.7. The normalized spacial score (nSPS) is 16.5. The Balaban J connectivity index is 1.67. The molecule has 1 saturated heterocycles. The van der Waals surface area contributed by atoms with Crippen LogP contribution < -0.4 is 5.32 Å². The number of carbonyl (C=O) groups is 1. The first-order chi connectivity index (χ1) is 12.6. The third-order valence-corrected chi connectivity index (χ3v) is 4.91. The van der Waals surface area contributed by atoms with Gasteiger partial charge in [-0.1, -0.05) is 12.1 Å². The van der Waals surface area contributed by atoms with Crippen molar-refractivity contribution in [3.63, 3.8) is 0 Å². The molecule has 0 atom stereocenters. The first-order valence-corrected chi connectivity index (χ1v) is 8.59. The molecule has 1 aromatic heterocycles. The lowest BCUT2D eigenvalue weighted by atomic mass is 9.73. The van der Waals surface area contributed by atoms with Crippen molar-refractivity contribution in [1.82, 2.24) is 4.98 Å². The molecule has 6 heteroatoms. The number of anilines is 1. The van der Waals surface area contributed by atoms with Crippen LogP contribution in [0.25, 0.3) is 11.1 Å². The maximum Gasteiger partial charge on any atom is 0.235 e. The maximum absolute atomic E-state index is 13.8. The highest BCUT2D eigenvalue weighted by atomic mass is 19.1. The van der Waals surface area contributed by atoms with Gasteiger partial charge in [-0.05, 0) is 48.7 Å². The average Bonchev–Trinajstić information content (AvgIpc) is 3.01. The van der Waals surface area contributed by atoms with Crippen LogP contribution in [0.2, 0.25) is 0 Å². The van der Waals surface area contributed by atoms with E-state index in [-0.39, 0.29) is 11.7 Å². The number of carbonyl (C=O) groups excluding carboxylic acids is 1. The van der Waals surface area contributed by atoms with Crippen LogP contribution >= 0.6 is 0 Å². The van der Waals surface area contributed by atoms with Gasteiger partial charge in [0.05, 0.1) is 5.41 Å². The number of fused-ring (bicyclic) bond motifs is 1. The van der Waals surface area contributed by atoms with Gasteiger partial charge in [0, 0.05) is 25.8 Å². The third kappa shape index (κ3) is 2.97. The van der Waals surface area contributed by atoms with Gasteiger partial charge in [0.15, 0.2) is 11.5 Å². The Bertz CT molecular complexity index is 961. The molecule has 1 fully saturated rings. The van der Waals surface area contributed by atoms with E-state index < -0.39 is 5.41 Å². The fourth-order valence-electron chi connectivity index (χ4n) is 3.52. The smallest absolute Gasteiger partial charge is 0.235 e. The van der Waals surface area contributed by atoms with Crippen LogP contribution in [-0.2, 0) is 14.9 Å². The van der Waals surface area contributed by atoms with E-state index in [1.165, 1.54) is 12.1 Å². The lowest BCUT2D eigenvalue weighted by Crippen LogP contribution is -2.44. The van der Waals surface area contributed by atoms with Crippen LogP contribution in [0.3, 0.4) is 0 Å². The second-order valence-electron chi connectivity index (χ2n) is 6.57. The molecule has 4 rings (SSSR count). The SMILES string of the molecule is Cc1nc2cc(NC(=O)C3(c4cccc(F)c4)CCOCC3)ccc2o1. The summed E-state index contributed by atoms with van der Waals surface area (Å²) >= 11 is 0. The van der Waals surface area contributed by atoms with E-state index in [4.69, 9.17) is 9.15 Å². The molecule has 0 radical (unpaired) electrons. The van der Waals surface area contributed by atoms with Gasteiger partial charge in [-0.2, -0.15) is 0 Å². The highest BCUT2D eigenvalue weighted by Gasteiger charge is 2.42. The van der Waals surface area contributed by atoms with E-state index in [1.807, 2.05) is 0 Å². The molecule has 0 spiro atoms. The second kappa shape index (κ2) is 6.53. The molecule has 0 aliphatic carbocycles. The lowest BCUT2D eigenvalue weighted by Gasteiger charge is -2.36. The van der Waals surface area contributed by atoms with Crippen molar-refractivity contribution in [2.45, 2.75) is 25.2 Å². The van der Waals surface area contributed by atoms with Crippen molar-refractivity contribution in [1.29, 1.82) is 0 Å². The Morgan fingerprint density at radius 1 is 1.19 bits per heavy atom. The Hall–Kier alpha value is -2.73. The molecule has 1 aliphatic heterocycles. The molecule has 3 aromatic rings. The summed E-state index contributed by atoms with van der Waals surface area (Å²) in [5, 5.41) is 2.97. The highest BCUT2D eigenvalue weighted by Crippen LogP contribution is 2.36. The minimum Gasteiger partial charge on any atom is -0.441 e. The number of aryl methyl sites for hydroxylation is 1. The summed E-state index contributed by atoms with van der Waals surface area (Å²) in [5.74, 6) is 0.0655. The number of nitrogens with one attached hydrogen (secondary N) is 1. The summed E-state index contributed by atoms with van der Waals surface area (Å²) in [5.41, 5.74) is 1.86. The molecule has 0 saturated carbocycles. The number of nitrogens with zero attached hydrogens (tertiary/aromatic N) is 1. The standard InChI is InChI=1S/C20H19FN2O3/c1-13-22-17-12-16(5-6-18(17)26-13)23-19(24)20(7-9-25-10-8-20)14-3-2-4-15(21)11-14/h2-6,11-12H,7-10H2,1H3,(H,23,24). The number of hydrogen-bond acceptors (Lipinski definition) is 4. The van der Waals surface area contributed by atoms with Gasteiger partial charge >= 0.3 is 0 Å². The fourth-order valence-corrected chi connectivity index (χ4v) is 3.52. The topological polar surface area (TPSA) is 64.4 Å². The molecule has 0 unspecified atom stereocenters. The number of amides is 1. The first-order valence-electron chi connectivity index (χ1n) is 8.59. The zero-order valence-corrected chi connectivity index (χ0v) is 14.4. The van der Waals surface area contributed by atoms with Crippen LogP contribution in [-0.4, -0.2) is 24.1 Å². The van der Waals surface area contributed by atoms with Crippen molar-refractivity contribution in [2.24, 2.45) is 0 Å². The number of halogens is 1. The van der Waals surface area contributed by atoms with E-state index in [9.17, 15) is 9.18 Å².